The van der Waals surface area contributed by atoms with Gasteiger partial charge in [-0.3, -0.25) is 4.79 Å². The minimum Gasteiger partial charge on any atom is -0.384 e. The van der Waals surface area contributed by atoms with Crippen molar-refractivity contribution in [1.82, 2.24) is 19.7 Å². The van der Waals surface area contributed by atoms with Crippen molar-refractivity contribution in [3.8, 4) is 0 Å². The predicted octanol–water partition coefficient (Wildman–Crippen LogP) is 0.572. The SMILES string of the molecule is Cc1cc(N)nc(Cn2ncc(N3CCCC3)cc2=O)n1. The van der Waals surface area contributed by atoms with Gasteiger partial charge in [-0.05, 0) is 19.8 Å². The molecule has 0 bridgehead atoms. The minimum atomic E-state index is -0.150. The smallest absolute Gasteiger partial charge is 0.269 e. The number of aryl methyl sites for hydroxylation is 1. The molecule has 110 valence electrons. The zero-order chi connectivity index (χ0) is 14.8. The van der Waals surface area contributed by atoms with Crippen LogP contribution in [0.5, 0.6) is 0 Å². The average Bonchev–Trinajstić information content (AvgIpc) is 2.94. The highest BCUT2D eigenvalue weighted by Gasteiger charge is 2.14. The van der Waals surface area contributed by atoms with Crippen LogP contribution in [0.1, 0.15) is 24.4 Å². The highest BCUT2D eigenvalue weighted by molar-refractivity contribution is 5.43. The summed E-state index contributed by atoms with van der Waals surface area (Å²) in [5.74, 6) is 0.898. The van der Waals surface area contributed by atoms with Gasteiger partial charge < -0.3 is 10.6 Å². The van der Waals surface area contributed by atoms with Crippen LogP contribution in [0, 0.1) is 6.92 Å². The van der Waals surface area contributed by atoms with E-state index >= 15 is 0 Å². The van der Waals surface area contributed by atoms with E-state index in [1.165, 1.54) is 17.5 Å². The van der Waals surface area contributed by atoms with Crippen molar-refractivity contribution in [1.29, 1.82) is 0 Å². The average molecular weight is 286 g/mol. The molecule has 2 aromatic rings. The van der Waals surface area contributed by atoms with E-state index in [4.69, 9.17) is 5.73 Å². The number of hydrogen-bond acceptors (Lipinski definition) is 6. The summed E-state index contributed by atoms with van der Waals surface area (Å²) in [7, 11) is 0. The van der Waals surface area contributed by atoms with E-state index in [0.717, 1.165) is 24.5 Å². The first-order chi connectivity index (χ1) is 10.1. The van der Waals surface area contributed by atoms with Gasteiger partial charge in [0.05, 0.1) is 11.9 Å². The van der Waals surface area contributed by atoms with E-state index in [1.54, 1.807) is 18.3 Å². The maximum atomic E-state index is 12.2. The Morgan fingerprint density at radius 1 is 1.24 bits per heavy atom. The third-order valence-corrected chi connectivity index (χ3v) is 3.54. The Labute approximate surface area is 122 Å². The topological polar surface area (TPSA) is 89.9 Å². The third kappa shape index (κ3) is 3.01. The second kappa shape index (κ2) is 5.51. The van der Waals surface area contributed by atoms with Crippen molar-refractivity contribution >= 4 is 11.5 Å². The molecule has 7 nitrogen and oxygen atoms in total. The molecule has 0 radical (unpaired) electrons. The Balaban J connectivity index is 1.84. The molecule has 0 aliphatic carbocycles. The Morgan fingerprint density at radius 2 is 2.00 bits per heavy atom. The molecule has 1 aliphatic rings. The molecule has 1 saturated heterocycles. The lowest BCUT2D eigenvalue weighted by molar-refractivity contribution is 0.612. The van der Waals surface area contributed by atoms with Crippen LogP contribution in [0.3, 0.4) is 0 Å². The zero-order valence-electron chi connectivity index (χ0n) is 12.0. The second-order valence-electron chi connectivity index (χ2n) is 5.25. The molecule has 0 atom stereocenters. The van der Waals surface area contributed by atoms with Crippen LogP contribution in [-0.4, -0.2) is 32.8 Å². The number of nitrogens with two attached hydrogens (primary N) is 1. The number of aromatic nitrogens is 4. The first kappa shape index (κ1) is 13.5. The van der Waals surface area contributed by atoms with Gasteiger partial charge in [0.25, 0.3) is 5.56 Å². The summed E-state index contributed by atoms with van der Waals surface area (Å²) >= 11 is 0. The molecule has 1 fully saturated rings. The van der Waals surface area contributed by atoms with Gasteiger partial charge in [0.2, 0.25) is 0 Å². The summed E-state index contributed by atoms with van der Waals surface area (Å²) in [4.78, 5) is 22.7. The number of nitrogen functional groups attached to an aromatic ring is 1. The molecule has 0 aromatic carbocycles. The Hall–Kier alpha value is -2.44. The summed E-state index contributed by atoms with van der Waals surface area (Å²) in [6.45, 7) is 4.05. The van der Waals surface area contributed by atoms with E-state index < -0.39 is 0 Å². The zero-order valence-corrected chi connectivity index (χ0v) is 12.0. The van der Waals surface area contributed by atoms with Gasteiger partial charge in [-0.1, -0.05) is 0 Å². The number of rotatable bonds is 3. The van der Waals surface area contributed by atoms with Crippen LogP contribution >= 0.6 is 0 Å². The highest BCUT2D eigenvalue weighted by atomic mass is 16.1. The molecule has 0 amide bonds. The molecule has 2 N–H and O–H groups in total. The fraction of sp³-hybridized carbons (Fsp3) is 0.429. The van der Waals surface area contributed by atoms with Gasteiger partial charge in [0.1, 0.15) is 12.4 Å². The van der Waals surface area contributed by atoms with Crippen LogP contribution in [-0.2, 0) is 6.54 Å². The van der Waals surface area contributed by atoms with Crippen molar-refractivity contribution in [2.75, 3.05) is 23.7 Å². The van der Waals surface area contributed by atoms with Gasteiger partial charge in [-0.25, -0.2) is 14.6 Å². The molecule has 1 aliphatic heterocycles. The van der Waals surface area contributed by atoms with Crippen molar-refractivity contribution in [3.05, 3.63) is 40.2 Å². The van der Waals surface area contributed by atoms with E-state index in [1.807, 2.05) is 6.92 Å². The van der Waals surface area contributed by atoms with Crippen molar-refractivity contribution < 1.29 is 0 Å². The lowest BCUT2D eigenvalue weighted by Crippen LogP contribution is -2.27. The third-order valence-electron chi connectivity index (χ3n) is 3.54. The van der Waals surface area contributed by atoms with E-state index in [9.17, 15) is 4.79 Å². The molecule has 0 saturated carbocycles. The molecular formula is C14H18N6O. The summed E-state index contributed by atoms with van der Waals surface area (Å²) in [5.41, 5.74) is 7.21. The van der Waals surface area contributed by atoms with Gasteiger partial charge in [0.15, 0.2) is 5.82 Å². The van der Waals surface area contributed by atoms with Crippen molar-refractivity contribution in [2.45, 2.75) is 26.3 Å². The quantitative estimate of drug-likeness (QED) is 0.887. The van der Waals surface area contributed by atoms with Gasteiger partial charge in [-0.15, -0.1) is 0 Å². The van der Waals surface area contributed by atoms with Crippen molar-refractivity contribution in [3.63, 3.8) is 0 Å². The molecule has 21 heavy (non-hydrogen) atoms. The summed E-state index contributed by atoms with van der Waals surface area (Å²) < 4.78 is 1.35. The first-order valence-electron chi connectivity index (χ1n) is 7.04. The molecule has 7 heteroatoms. The summed E-state index contributed by atoms with van der Waals surface area (Å²) in [6, 6.07) is 3.31. The molecule has 0 unspecified atom stereocenters. The lowest BCUT2D eigenvalue weighted by Gasteiger charge is -2.16. The van der Waals surface area contributed by atoms with E-state index in [-0.39, 0.29) is 12.1 Å². The number of nitrogens with zero attached hydrogens (tertiary/aromatic N) is 5. The van der Waals surface area contributed by atoms with Crippen LogP contribution in [0.2, 0.25) is 0 Å². The monoisotopic (exact) mass is 286 g/mol. The maximum absolute atomic E-state index is 12.2. The Kier molecular flexibility index (Phi) is 3.55. The Morgan fingerprint density at radius 3 is 2.67 bits per heavy atom. The molecular weight excluding hydrogens is 268 g/mol. The number of anilines is 2. The lowest BCUT2D eigenvalue weighted by atomic mass is 10.4. The summed E-state index contributed by atoms with van der Waals surface area (Å²) in [6.07, 6.45) is 4.06. The molecule has 0 spiro atoms. The van der Waals surface area contributed by atoms with Crippen LogP contribution < -0.4 is 16.2 Å². The molecule has 3 heterocycles. The highest BCUT2D eigenvalue weighted by Crippen LogP contribution is 2.16. The Bertz CT molecular complexity index is 685. The van der Waals surface area contributed by atoms with E-state index in [2.05, 4.69) is 20.0 Å². The summed E-state index contributed by atoms with van der Waals surface area (Å²) in [5, 5.41) is 4.22. The number of hydrogen-bond donors (Lipinski definition) is 1. The normalized spacial score (nSPS) is 14.6. The van der Waals surface area contributed by atoms with Gasteiger partial charge in [0, 0.05) is 30.9 Å². The first-order valence-corrected chi connectivity index (χ1v) is 7.04. The maximum Gasteiger partial charge on any atom is 0.269 e. The molecule has 2 aromatic heterocycles. The van der Waals surface area contributed by atoms with Crippen molar-refractivity contribution in [2.24, 2.45) is 0 Å². The van der Waals surface area contributed by atoms with Gasteiger partial charge in [-0.2, -0.15) is 5.10 Å². The van der Waals surface area contributed by atoms with Crippen LogP contribution in [0.4, 0.5) is 11.5 Å². The van der Waals surface area contributed by atoms with Crippen LogP contribution in [0.15, 0.2) is 23.1 Å². The predicted molar refractivity (Wildman–Crippen MR) is 80.2 cm³/mol. The van der Waals surface area contributed by atoms with Crippen LogP contribution in [0.25, 0.3) is 0 Å². The largest absolute Gasteiger partial charge is 0.384 e. The van der Waals surface area contributed by atoms with Gasteiger partial charge >= 0.3 is 0 Å². The molecule has 3 rings (SSSR count). The fourth-order valence-electron chi connectivity index (χ4n) is 2.55. The minimum absolute atomic E-state index is 0.150. The van der Waals surface area contributed by atoms with E-state index in [0.29, 0.717) is 11.6 Å². The standard InChI is InChI=1S/C14H18N6O/c1-10-6-12(15)18-13(17-10)9-20-14(21)7-11(8-16-20)19-4-2-3-5-19/h6-8H,2-5,9H2,1H3,(H2,15,17,18). The second-order valence-corrected chi connectivity index (χ2v) is 5.25. The fourth-order valence-corrected chi connectivity index (χ4v) is 2.55.